The molecule has 130 valence electrons. The molecular weight excluding hydrogens is 316 g/mol. The molecule has 5 nitrogen and oxygen atoms in total. The molecule has 0 saturated carbocycles. The molecule has 1 N–H and O–H groups in total. The third kappa shape index (κ3) is 4.06. The minimum absolute atomic E-state index is 0.0140. The Hall–Kier alpha value is -2.66. The highest BCUT2D eigenvalue weighted by Crippen LogP contribution is 2.30. The SMILES string of the molecule is CN(C)CC/N=C1\c2ccccc2COc2ccc(CC(=O)O)cc21. The molecule has 1 aliphatic rings. The molecule has 0 radical (unpaired) electrons. The molecule has 0 bridgehead atoms. The van der Waals surface area contributed by atoms with Gasteiger partial charge in [0.1, 0.15) is 12.4 Å². The first-order chi connectivity index (χ1) is 12.0. The number of carboxylic acids is 1. The van der Waals surface area contributed by atoms with E-state index in [4.69, 9.17) is 14.8 Å². The fourth-order valence-electron chi connectivity index (χ4n) is 2.88. The number of rotatable bonds is 5. The molecule has 5 heteroatoms. The number of likely N-dealkylation sites (N-methyl/N-ethyl adjacent to an activating group) is 1. The Labute approximate surface area is 147 Å². The van der Waals surface area contributed by atoms with Crippen molar-refractivity contribution >= 4 is 11.7 Å². The van der Waals surface area contributed by atoms with E-state index in [1.807, 2.05) is 50.5 Å². The number of hydrogen-bond acceptors (Lipinski definition) is 4. The van der Waals surface area contributed by atoms with Gasteiger partial charge in [0.25, 0.3) is 0 Å². The van der Waals surface area contributed by atoms with Crippen LogP contribution >= 0.6 is 0 Å². The largest absolute Gasteiger partial charge is 0.488 e. The molecule has 0 spiro atoms. The summed E-state index contributed by atoms with van der Waals surface area (Å²) in [4.78, 5) is 18.0. The summed E-state index contributed by atoms with van der Waals surface area (Å²) in [6.07, 6.45) is -0.0140. The van der Waals surface area contributed by atoms with E-state index in [1.165, 1.54) is 0 Å². The van der Waals surface area contributed by atoms with Gasteiger partial charge in [-0.15, -0.1) is 0 Å². The van der Waals surface area contributed by atoms with Crippen LogP contribution in [0.4, 0.5) is 0 Å². The minimum atomic E-state index is -0.846. The summed E-state index contributed by atoms with van der Waals surface area (Å²) < 4.78 is 5.95. The number of aliphatic carboxylic acids is 1. The Morgan fingerprint density at radius 3 is 2.76 bits per heavy atom. The van der Waals surface area contributed by atoms with Gasteiger partial charge in [0.2, 0.25) is 0 Å². The van der Waals surface area contributed by atoms with Gasteiger partial charge in [-0.2, -0.15) is 0 Å². The third-order valence-corrected chi connectivity index (χ3v) is 4.13. The first kappa shape index (κ1) is 17.2. The van der Waals surface area contributed by atoms with Crippen LogP contribution in [0, 0.1) is 0 Å². The average molecular weight is 338 g/mol. The molecule has 2 aromatic rings. The smallest absolute Gasteiger partial charge is 0.307 e. The van der Waals surface area contributed by atoms with Gasteiger partial charge in [-0.3, -0.25) is 9.79 Å². The first-order valence-electron chi connectivity index (χ1n) is 8.30. The van der Waals surface area contributed by atoms with E-state index < -0.39 is 5.97 Å². The van der Waals surface area contributed by atoms with Crippen molar-refractivity contribution in [2.75, 3.05) is 27.2 Å². The lowest BCUT2D eigenvalue weighted by molar-refractivity contribution is -0.136. The zero-order chi connectivity index (χ0) is 17.8. The van der Waals surface area contributed by atoms with Crippen LogP contribution in [0.2, 0.25) is 0 Å². The van der Waals surface area contributed by atoms with Crippen molar-refractivity contribution in [3.05, 3.63) is 64.7 Å². The lowest BCUT2D eigenvalue weighted by Crippen LogP contribution is -2.17. The quantitative estimate of drug-likeness (QED) is 0.910. The molecule has 0 atom stereocenters. The van der Waals surface area contributed by atoms with Crippen molar-refractivity contribution in [2.24, 2.45) is 4.99 Å². The summed E-state index contributed by atoms with van der Waals surface area (Å²) in [5, 5.41) is 9.09. The standard InChI is InChI=1S/C20H22N2O3/c1-22(2)10-9-21-20-16-6-4-3-5-15(16)13-25-18-8-7-14(11-17(18)20)12-19(23)24/h3-8,11H,9-10,12-13H2,1-2H3,(H,23,24)/b21-20+. The van der Waals surface area contributed by atoms with Crippen molar-refractivity contribution < 1.29 is 14.6 Å². The molecule has 0 aliphatic carbocycles. The van der Waals surface area contributed by atoms with E-state index >= 15 is 0 Å². The van der Waals surface area contributed by atoms with Crippen LogP contribution in [-0.4, -0.2) is 48.9 Å². The highest BCUT2D eigenvalue weighted by Gasteiger charge is 2.21. The fraction of sp³-hybridized carbons (Fsp3) is 0.300. The predicted octanol–water partition coefficient (Wildman–Crippen LogP) is 2.61. The zero-order valence-electron chi connectivity index (χ0n) is 14.5. The second-order valence-electron chi connectivity index (χ2n) is 6.38. The predicted molar refractivity (Wildman–Crippen MR) is 97.6 cm³/mol. The van der Waals surface area contributed by atoms with Crippen molar-refractivity contribution in [1.29, 1.82) is 0 Å². The number of aliphatic imine (C=N–C) groups is 1. The number of nitrogens with zero attached hydrogens (tertiary/aromatic N) is 2. The molecule has 25 heavy (non-hydrogen) atoms. The number of benzene rings is 2. The summed E-state index contributed by atoms with van der Waals surface area (Å²) in [5.74, 6) is -0.102. The fourth-order valence-corrected chi connectivity index (χ4v) is 2.88. The maximum atomic E-state index is 11.1. The maximum Gasteiger partial charge on any atom is 0.307 e. The van der Waals surface area contributed by atoms with Gasteiger partial charge in [0, 0.05) is 17.7 Å². The number of hydrogen-bond donors (Lipinski definition) is 1. The number of carboxylic acid groups (broad SMARTS) is 1. The van der Waals surface area contributed by atoms with Crippen LogP contribution in [0.5, 0.6) is 5.75 Å². The molecule has 0 saturated heterocycles. The van der Waals surface area contributed by atoms with Crippen LogP contribution in [0.15, 0.2) is 47.5 Å². The van der Waals surface area contributed by atoms with E-state index in [9.17, 15) is 4.79 Å². The third-order valence-electron chi connectivity index (χ3n) is 4.13. The summed E-state index contributed by atoms with van der Waals surface area (Å²) in [5.41, 5.74) is 4.61. The van der Waals surface area contributed by atoms with Gasteiger partial charge in [-0.05, 0) is 37.4 Å². The summed E-state index contributed by atoms with van der Waals surface area (Å²) in [6.45, 7) is 1.99. The molecule has 0 fully saturated rings. The number of carbonyl (C=O) groups is 1. The van der Waals surface area contributed by atoms with Crippen molar-refractivity contribution in [3.8, 4) is 5.75 Å². The van der Waals surface area contributed by atoms with Crippen LogP contribution in [0.25, 0.3) is 0 Å². The molecule has 3 rings (SSSR count). The van der Waals surface area contributed by atoms with Gasteiger partial charge in [-0.1, -0.05) is 30.3 Å². The molecule has 2 aromatic carbocycles. The number of fused-ring (bicyclic) bond motifs is 2. The summed E-state index contributed by atoms with van der Waals surface area (Å²) >= 11 is 0. The van der Waals surface area contributed by atoms with Gasteiger partial charge in [-0.25, -0.2) is 0 Å². The Morgan fingerprint density at radius 1 is 1.20 bits per heavy atom. The molecule has 0 aromatic heterocycles. The van der Waals surface area contributed by atoms with E-state index in [-0.39, 0.29) is 6.42 Å². The van der Waals surface area contributed by atoms with Crippen molar-refractivity contribution in [1.82, 2.24) is 4.90 Å². The lowest BCUT2D eigenvalue weighted by atomic mass is 9.96. The lowest BCUT2D eigenvalue weighted by Gasteiger charge is -2.12. The van der Waals surface area contributed by atoms with Crippen molar-refractivity contribution in [3.63, 3.8) is 0 Å². The van der Waals surface area contributed by atoms with Gasteiger partial charge in [0.05, 0.1) is 18.7 Å². The van der Waals surface area contributed by atoms with Crippen molar-refractivity contribution in [2.45, 2.75) is 13.0 Å². The summed E-state index contributed by atoms with van der Waals surface area (Å²) in [6, 6.07) is 13.6. The van der Waals surface area contributed by atoms with Crippen LogP contribution < -0.4 is 4.74 Å². The van der Waals surface area contributed by atoms with Crippen LogP contribution in [-0.2, 0) is 17.8 Å². The highest BCUT2D eigenvalue weighted by molar-refractivity contribution is 6.15. The second-order valence-corrected chi connectivity index (χ2v) is 6.38. The Balaban J connectivity index is 2.08. The number of ether oxygens (including phenoxy) is 1. The topological polar surface area (TPSA) is 62.1 Å². The molecule has 0 unspecified atom stereocenters. The average Bonchev–Trinajstić information content (AvgIpc) is 2.72. The van der Waals surface area contributed by atoms with Crippen LogP contribution in [0.3, 0.4) is 0 Å². The van der Waals surface area contributed by atoms with Crippen LogP contribution in [0.1, 0.15) is 22.3 Å². The summed E-state index contributed by atoms with van der Waals surface area (Å²) in [7, 11) is 4.03. The highest BCUT2D eigenvalue weighted by atomic mass is 16.5. The maximum absolute atomic E-state index is 11.1. The Kier molecular flexibility index (Phi) is 5.14. The zero-order valence-corrected chi connectivity index (χ0v) is 14.5. The Morgan fingerprint density at radius 2 is 2.00 bits per heavy atom. The van der Waals surface area contributed by atoms with Gasteiger partial charge < -0.3 is 14.7 Å². The molecule has 1 aliphatic heterocycles. The van der Waals surface area contributed by atoms with E-state index in [0.29, 0.717) is 13.2 Å². The van der Waals surface area contributed by atoms with E-state index in [1.54, 1.807) is 6.07 Å². The van der Waals surface area contributed by atoms with E-state index in [0.717, 1.165) is 40.3 Å². The normalized spacial score (nSPS) is 14.6. The Bertz CT molecular complexity index is 812. The molecular formula is C20H22N2O3. The second kappa shape index (κ2) is 7.49. The molecule has 1 heterocycles. The molecule has 0 amide bonds. The first-order valence-corrected chi connectivity index (χ1v) is 8.30. The minimum Gasteiger partial charge on any atom is -0.488 e. The van der Waals surface area contributed by atoms with E-state index in [2.05, 4.69) is 4.90 Å². The van der Waals surface area contributed by atoms with Gasteiger partial charge >= 0.3 is 5.97 Å². The van der Waals surface area contributed by atoms with Gasteiger partial charge in [0.15, 0.2) is 0 Å². The monoisotopic (exact) mass is 338 g/mol.